The highest BCUT2D eigenvalue weighted by Crippen LogP contribution is 2.17. The Bertz CT molecular complexity index is 534. The number of Topliss-reactive ketones (excluding diaryl/α,β-unsaturated/α-hetero) is 1. The van der Waals surface area contributed by atoms with Crippen molar-refractivity contribution in [1.29, 1.82) is 0 Å². The van der Waals surface area contributed by atoms with Crippen molar-refractivity contribution in [2.75, 3.05) is 5.33 Å². The molecule has 4 heteroatoms. The standard InChI is InChI=1S/C14H15BrN2O/c1-2-6-13-12(14(18)9-15)10-16-17(13)11-7-4-3-5-8-11/h3-5,7-8,10H,2,6,9H2,1H3. The molecule has 0 saturated carbocycles. The third-order valence-corrected chi connectivity index (χ3v) is 3.29. The summed E-state index contributed by atoms with van der Waals surface area (Å²) in [5.41, 5.74) is 2.71. The van der Waals surface area contributed by atoms with Gasteiger partial charge in [0.25, 0.3) is 0 Å². The van der Waals surface area contributed by atoms with E-state index in [2.05, 4.69) is 28.0 Å². The van der Waals surface area contributed by atoms with E-state index in [1.807, 2.05) is 35.0 Å². The molecule has 18 heavy (non-hydrogen) atoms. The molecular formula is C14H15BrN2O. The number of ketones is 1. The normalized spacial score (nSPS) is 10.6. The van der Waals surface area contributed by atoms with E-state index in [-0.39, 0.29) is 5.78 Å². The first-order chi connectivity index (χ1) is 8.77. The minimum absolute atomic E-state index is 0.0839. The maximum atomic E-state index is 11.9. The van der Waals surface area contributed by atoms with Gasteiger partial charge in [0, 0.05) is 0 Å². The number of hydrogen-bond donors (Lipinski definition) is 0. The topological polar surface area (TPSA) is 34.9 Å². The largest absolute Gasteiger partial charge is 0.293 e. The highest BCUT2D eigenvalue weighted by Gasteiger charge is 2.16. The zero-order valence-corrected chi connectivity index (χ0v) is 11.9. The zero-order chi connectivity index (χ0) is 13.0. The lowest BCUT2D eigenvalue weighted by Crippen LogP contribution is -2.07. The van der Waals surface area contributed by atoms with Gasteiger partial charge in [0.1, 0.15) is 0 Å². The van der Waals surface area contributed by atoms with E-state index in [1.165, 1.54) is 0 Å². The third-order valence-electron chi connectivity index (χ3n) is 2.78. The second-order valence-electron chi connectivity index (χ2n) is 4.06. The van der Waals surface area contributed by atoms with Gasteiger partial charge in [-0.05, 0) is 18.6 Å². The number of aromatic nitrogens is 2. The lowest BCUT2D eigenvalue weighted by molar-refractivity contribution is 0.102. The monoisotopic (exact) mass is 306 g/mol. The average molecular weight is 307 g/mol. The molecule has 1 aromatic heterocycles. The van der Waals surface area contributed by atoms with Crippen LogP contribution in [0.4, 0.5) is 0 Å². The molecule has 2 aromatic rings. The van der Waals surface area contributed by atoms with Crippen molar-refractivity contribution < 1.29 is 4.79 Å². The summed E-state index contributed by atoms with van der Waals surface area (Å²) in [5.74, 6) is 0.0839. The highest BCUT2D eigenvalue weighted by atomic mass is 79.9. The fraction of sp³-hybridized carbons (Fsp3) is 0.286. The number of carbonyl (C=O) groups excluding carboxylic acids is 1. The van der Waals surface area contributed by atoms with Crippen molar-refractivity contribution in [2.45, 2.75) is 19.8 Å². The quantitative estimate of drug-likeness (QED) is 0.627. The lowest BCUT2D eigenvalue weighted by Gasteiger charge is -2.07. The molecule has 0 amide bonds. The zero-order valence-electron chi connectivity index (χ0n) is 10.3. The average Bonchev–Trinajstić information content (AvgIpc) is 2.83. The second kappa shape index (κ2) is 5.96. The predicted molar refractivity (Wildman–Crippen MR) is 75.7 cm³/mol. The smallest absolute Gasteiger partial charge is 0.176 e. The van der Waals surface area contributed by atoms with Crippen LogP contribution in [0.3, 0.4) is 0 Å². The van der Waals surface area contributed by atoms with Crippen LogP contribution in [0.2, 0.25) is 0 Å². The van der Waals surface area contributed by atoms with Crippen molar-refractivity contribution in [1.82, 2.24) is 9.78 Å². The molecule has 1 aromatic carbocycles. The van der Waals surface area contributed by atoms with Crippen LogP contribution in [0, 0.1) is 0 Å². The second-order valence-corrected chi connectivity index (χ2v) is 4.62. The molecule has 0 radical (unpaired) electrons. The summed E-state index contributed by atoms with van der Waals surface area (Å²) in [4.78, 5) is 11.9. The molecule has 0 N–H and O–H groups in total. The van der Waals surface area contributed by atoms with Gasteiger partial charge in [0.2, 0.25) is 0 Å². The maximum Gasteiger partial charge on any atom is 0.176 e. The van der Waals surface area contributed by atoms with E-state index in [1.54, 1.807) is 6.20 Å². The first kappa shape index (κ1) is 13.0. The molecule has 94 valence electrons. The van der Waals surface area contributed by atoms with Crippen molar-refractivity contribution >= 4 is 21.7 Å². The summed E-state index contributed by atoms with van der Waals surface area (Å²) in [6.07, 6.45) is 3.51. The van der Waals surface area contributed by atoms with Gasteiger partial charge in [-0.3, -0.25) is 4.79 Å². The summed E-state index contributed by atoms with van der Waals surface area (Å²) in [6.45, 7) is 2.10. The number of carbonyl (C=O) groups is 1. The van der Waals surface area contributed by atoms with Gasteiger partial charge in [-0.25, -0.2) is 4.68 Å². The molecule has 0 saturated heterocycles. The van der Waals surface area contributed by atoms with Crippen LogP contribution in [0.1, 0.15) is 29.4 Å². The minimum Gasteiger partial charge on any atom is -0.293 e. The summed E-state index contributed by atoms with van der Waals surface area (Å²) >= 11 is 3.22. The Morgan fingerprint density at radius 3 is 2.67 bits per heavy atom. The van der Waals surface area contributed by atoms with Crippen LogP contribution >= 0.6 is 15.9 Å². The minimum atomic E-state index is 0.0839. The Morgan fingerprint density at radius 1 is 1.33 bits per heavy atom. The van der Waals surface area contributed by atoms with Crippen LogP contribution < -0.4 is 0 Å². The van der Waals surface area contributed by atoms with E-state index < -0.39 is 0 Å². The van der Waals surface area contributed by atoms with Gasteiger partial charge in [-0.15, -0.1) is 0 Å². The summed E-state index contributed by atoms with van der Waals surface area (Å²) < 4.78 is 1.86. The molecule has 1 heterocycles. The fourth-order valence-electron chi connectivity index (χ4n) is 1.95. The molecule has 0 unspecified atom stereocenters. The summed E-state index contributed by atoms with van der Waals surface area (Å²) in [5, 5.41) is 4.69. The lowest BCUT2D eigenvalue weighted by atomic mass is 10.1. The van der Waals surface area contributed by atoms with Crippen LogP contribution in [-0.4, -0.2) is 20.9 Å². The molecule has 0 spiro atoms. The predicted octanol–water partition coefficient (Wildman–Crippen LogP) is 3.40. The molecule has 0 atom stereocenters. The molecule has 0 fully saturated rings. The third kappa shape index (κ3) is 2.53. The first-order valence-electron chi connectivity index (χ1n) is 5.99. The van der Waals surface area contributed by atoms with Gasteiger partial charge in [0.15, 0.2) is 5.78 Å². The fourth-order valence-corrected chi connectivity index (χ4v) is 2.25. The van der Waals surface area contributed by atoms with Crippen molar-refractivity contribution in [3.8, 4) is 5.69 Å². The van der Waals surface area contributed by atoms with Crippen molar-refractivity contribution in [3.63, 3.8) is 0 Å². The Morgan fingerprint density at radius 2 is 2.06 bits per heavy atom. The molecule has 3 nitrogen and oxygen atoms in total. The first-order valence-corrected chi connectivity index (χ1v) is 7.11. The van der Waals surface area contributed by atoms with Gasteiger partial charge in [0.05, 0.1) is 28.5 Å². The number of hydrogen-bond acceptors (Lipinski definition) is 2. The number of alkyl halides is 1. The Labute approximate surface area is 115 Å². The number of halogens is 1. The van der Waals surface area contributed by atoms with Crippen molar-refractivity contribution in [3.05, 3.63) is 47.8 Å². The number of para-hydroxylation sites is 1. The molecule has 0 bridgehead atoms. The van der Waals surface area contributed by atoms with Gasteiger partial charge < -0.3 is 0 Å². The van der Waals surface area contributed by atoms with Crippen LogP contribution in [0.15, 0.2) is 36.5 Å². The summed E-state index contributed by atoms with van der Waals surface area (Å²) in [6, 6.07) is 9.90. The Balaban J connectivity index is 2.48. The number of benzene rings is 1. The molecule has 0 aliphatic carbocycles. The highest BCUT2D eigenvalue weighted by molar-refractivity contribution is 9.09. The SMILES string of the molecule is CCCc1c(C(=O)CBr)cnn1-c1ccccc1. The van der Waals surface area contributed by atoms with E-state index in [0.29, 0.717) is 5.33 Å². The Kier molecular flexibility index (Phi) is 4.31. The maximum absolute atomic E-state index is 11.9. The molecule has 2 rings (SSSR count). The van der Waals surface area contributed by atoms with Gasteiger partial charge >= 0.3 is 0 Å². The van der Waals surface area contributed by atoms with Crippen LogP contribution in [-0.2, 0) is 6.42 Å². The van der Waals surface area contributed by atoms with Gasteiger partial charge in [-0.1, -0.05) is 47.5 Å². The van der Waals surface area contributed by atoms with E-state index in [0.717, 1.165) is 29.8 Å². The number of rotatable bonds is 5. The Hall–Kier alpha value is -1.42. The number of nitrogens with zero attached hydrogens (tertiary/aromatic N) is 2. The van der Waals surface area contributed by atoms with Crippen molar-refractivity contribution in [2.24, 2.45) is 0 Å². The van der Waals surface area contributed by atoms with Crippen LogP contribution in [0.25, 0.3) is 5.69 Å². The van der Waals surface area contributed by atoms with E-state index in [4.69, 9.17) is 0 Å². The molecular weight excluding hydrogens is 292 g/mol. The van der Waals surface area contributed by atoms with Gasteiger partial charge in [-0.2, -0.15) is 5.10 Å². The summed E-state index contributed by atoms with van der Waals surface area (Å²) in [7, 11) is 0. The van der Waals surface area contributed by atoms with Crippen LogP contribution in [0.5, 0.6) is 0 Å². The molecule has 0 aliphatic rings. The van der Waals surface area contributed by atoms with E-state index in [9.17, 15) is 4.79 Å². The van der Waals surface area contributed by atoms with E-state index >= 15 is 0 Å². The molecule has 0 aliphatic heterocycles.